The van der Waals surface area contributed by atoms with Crippen LogP contribution in [0.4, 0.5) is 11.8 Å². The zero-order valence-corrected chi connectivity index (χ0v) is 10.0. The predicted molar refractivity (Wildman–Crippen MR) is 63.7 cm³/mol. The lowest BCUT2D eigenvalue weighted by Crippen LogP contribution is -2.12. The van der Waals surface area contributed by atoms with Crippen molar-refractivity contribution in [3.05, 3.63) is 11.8 Å². The minimum absolute atomic E-state index is 0.593. The summed E-state index contributed by atoms with van der Waals surface area (Å²) in [5.41, 5.74) is 0.898. The van der Waals surface area contributed by atoms with Gasteiger partial charge in [0.25, 0.3) is 0 Å². The van der Waals surface area contributed by atoms with Crippen molar-refractivity contribution in [3.8, 4) is 0 Å². The minimum Gasteiger partial charge on any atom is -0.369 e. The molecule has 0 saturated heterocycles. The van der Waals surface area contributed by atoms with Crippen molar-refractivity contribution in [2.24, 2.45) is 0 Å². The van der Waals surface area contributed by atoms with Crippen molar-refractivity contribution in [1.82, 2.24) is 9.97 Å². The lowest BCUT2D eigenvalue weighted by Gasteiger charge is -2.07. The summed E-state index contributed by atoms with van der Waals surface area (Å²) in [6, 6.07) is 1.86. The maximum atomic E-state index is 10.9. The molecule has 0 bridgehead atoms. The second kappa shape index (κ2) is 5.65. The molecule has 0 spiro atoms. The molecule has 0 saturated carbocycles. The van der Waals surface area contributed by atoms with E-state index in [2.05, 4.69) is 20.6 Å². The number of aryl methyl sites for hydroxylation is 1. The Bertz CT molecular complexity index is 356. The third kappa shape index (κ3) is 4.24. The van der Waals surface area contributed by atoms with Crippen molar-refractivity contribution < 1.29 is 4.21 Å². The van der Waals surface area contributed by atoms with Crippen LogP contribution in [0, 0.1) is 6.92 Å². The van der Waals surface area contributed by atoms with Crippen molar-refractivity contribution in [1.29, 1.82) is 0 Å². The summed E-state index contributed by atoms with van der Waals surface area (Å²) in [6.07, 6.45) is 1.69. The highest BCUT2D eigenvalue weighted by Crippen LogP contribution is 2.08. The molecule has 2 N–H and O–H groups in total. The van der Waals surface area contributed by atoms with Gasteiger partial charge in [-0.2, -0.15) is 4.98 Å². The van der Waals surface area contributed by atoms with E-state index in [1.54, 1.807) is 13.3 Å². The van der Waals surface area contributed by atoms with E-state index in [1.807, 2.05) is 13.0 Å². The Morgan fingerprint density at radius 2 is 2.20 bits per heavy atom. The van der Waals surface area contributed by atoms with Gasteiger partial charge in [0.05, 0.1) is 0 Å². The quantitative estimate of drug-likeness (QED) is 0.773. The van der Waals surface area contributed by atoms with Crippen molar-refractivity contribution in [3.63, 3.8) is 0 Å². The molecular weight excluding hydrogens is 212 g/mol. The van der Waals surface area contributed by atoms with Gasteiger partial charge in [-0.1, -0.05) is 0 Å². The first-order valence-corrected chi connectivity index (χ1v) is 6.42. The Labute approximate surface area is 92.2 Å². The molecule has 1 heterocycles. The fourth-order valence-electron chi connectivity index (χ4n) is 1.09. The summed E-state index contributed by atoms with van der Waals surface area (Å²) < 4.78 is 10.9. The Morgan fingerprint density at radius 3 is 2.80 bits per heavy atom. The number of rotatable bonds is 5. The SMILES string of the molecule is CNc1nc(C)cc(NCCS(C)=O)n1. The van der Waals surface area contributed by atoms with Gasteiger partial charge >= 0.3 is 0 Å². The van der Waals surface area contributed by atoms with Gasteiger partial charge in [-0.25, -0.2) is 4.98 Å². The van der Waals surface area contributed by atoms with E-state index in [-0.39, 0.29) is 0 Å². The Balaban J connectivity index is 2.60. The number of nitrogens with one attached hydrogen (secondary N) is 2. The smallest absolute Gasteiger partial charge is 0.224 e. The Morgan fingerprint density at radius 1 is 1.47 bits per heavy atom. The average molecular weight is 228 g/mol. The number of nitrogens with zero attached hydrogens (tertiary/aromatic N) is 2. The molecule has 0 aliphatic rings. The van der Waals surface area contributed by atoms with Gasteiger partial charge in [0.1, 0.15) is 5.82 Å². The molecule has 0 aliphatic carbocycles. The number of aromatic nitrogens is 2. The van der Waals surface area contributed by atoms with E-state index in [0.29, 0.717) is 18.2 Å². The van der Waals surface area contributed by atoms with Crippen LogP contribution in [0.3, 0.4) is 0 Å². The van der Waals surface area contributed by atoms with Gasteiger partial charge in [-0.3, -0.25) is 4.21 Å². The fraction of sp³-hybridized carbons (Fsp3) is 0.556. The minimum atomic E-state index is -0.773. The van der Waals surface area contributed by atoms with Crippen LogP contribution in [0.2, 0.25) is 0 Å². The fourth-order valence-corrected chi connectivity index (χ4v) is 1.48. The van der Waals surface area contributed by atoms with Gasteiger partial charge < -0.3 is 10.6 Å². The van der Waals surface area contributed by atoms with Gasteiger partial charge in [0, 0.05) is 48.2 Å². The van der Waals surface area contributed by atoms with Gasteiger partial charge in [0.2, 0.25) is 5.95 Å². The van der Waals surface area contributed by atoms with Crippen LogP contribution in [-0.4, -0.2) is 39.8 Å². The van der Waals surface area contributed by atoms with Crippen LogP contribution in [0.25, 0.3) is 0 Å². The summed E-state index contributed by atoms with van der Waals surface area (Å²) in [5.74, 6) is 1.98. The van der Waals surface area contributed by atoms with Gasteiger partial charge in [-0.05, 0) is 6.92 Å². The maximum absolute atomic E-state index is 10.9. The molecule has 1 aromatic heterocycles. The van der Waals surface area contributed by atoms with E-state index in [1.165, 1.54) is 0 Å². The number of hydrogen-bond acceptors (Lipinski definition) is 5. The van der Waals surface area contributed by atoms with Gasteiger partial charge in [0.15, 0.2) is 0 Å². The molecule has 6 heteroatoms. The zero-order valence-electron chi connectivity index (χ0n) is 9.20. The van der Waals surface area contributed by atoms with Crippen LogP contribution in [0.15, 0.2) is 6.07 Å². The molecule has 84 valence electrons. The summed E-state index contributed by atoms with van der Waals surface area (Å²) in [5, 5.41) is 5.99. The highest BCUT2D eigenvalue weighted by atomic mass is 32.2. The highest BCUT2D eigenvalue weighted by Gasteiger charge is 2.00. The number of hydrogen-bond donors (Lipinski definition) is 2. The molecule has 0 aromatic carbocycles. The normalized spacial score (nSPS) is 12.2. The summed E-state index contributed by atoms with van der Waals surface area (Å²) in [6.45, 7) is 2.56. The lowest BCUT2D eigenvalue weighted by atomic mass is 10.4. The van der Waals surface area contributed by atoms with Crippen LogP contribution in [-0.2, 0) is 10.8 Å². The van der Waals surface area contributed by atoms with E-state index >= 15 is 0 Å². The second-order valence-corrected chi connectivity index (χ2v) is 4.73. The molecular formula is C9H16N4OS. The molecule has 15 heavy (non-hydrogen) atoms. The molecule has 1 unspecified atom stereocenters. The average Bonchev–Trinajstić information content (AvgIpc) is 2.16. The first-order valence-electron chi connectivity index (χ1n) is 4.69. The third-order valence-electron chi connectivity index (χ3n) is 1.77. The predicted octanol–water partition coefficient (Wildman–Crippen LogP) is 0.617. The number of anilines is 2. The first-order chi connectivity index (χ1) is 7.11. The molecule has 5 nitrogen and oxygen atoms in total. The second-order valence-electron chi connectivity index (χ2n) is 3.17. The molecule has 0 fully saturated rings. The van der Waals surface area contributed by atoms with E-state index in [9.17, 15) is 4.21 Å². The first kappa shape index (κ1) is 11.9. The Kier molecular flexibility index (Phi) is 4.48. The van der Waals surface area contributed by atoms with Crippen molar-refractivity contribution in [2.75, 3.05) is 36.2 Å². The van der Waals surface area contributed by atoms with Crippen LogP contribution in [0.1, 0.15) is 5.69 Å². The molecule has 0 amide bonds. The van der Waals surface area contributed by atoms with Crippen molar-refractivity contribution >= 4 is 22.6 Å². The zero-order chi connectivity index (χ0) is 11.3. The third-order valence-corrected chi connectivity index (χ3v) is 2.55. The van der Waals surface area contributed by atoms with E-state index < -0.39 is 10.8 Å². The molecule has 0 radical (unpaired) electrons. The summed E-state index contributed by atoms with van der Waals surface area (Å²) >= 11 is 0. The van der Waals surface area contributed by atoms with Crippen LogP contribution >= 0.6 is 0 Å². The highest BCUT2D eigenvalue weighted by molar-refractivity contribution is 7.84. The monoisotopic (exact) mass is 228 g/mol. The van der Waals surface area contributed by atoms with Crippen molar-refractivity contribution in [2.45, 2.75) is 6.92 Å². The van der Waals surface area contributed by atoms with Crippen LogP contribution in [0.5, 0.6) is 0 Å². The standard InChI is InChI=1S/C9H16N4OS/c1-7-6-8(11-4-5-15(3)14)13-9(10-2)12-7/h6H,4-5H2,1-3H3,(H2,10,11,12,13). The largest absolute Gasteiger partial charge is 0.369 e. The summed E-state index contributed by atoms with van der Waals surface area (Å²) in [7, 11) is 1.00. The van der Waals surface area contributed by atoms with Crippen LogP contribution < -0.4 is 10.6 Å². The van der Waals surface area contributed by atoms with Gasteiger partial charge in [-0.15, -0.1) is 0 Å². The molecule has 0 aliphatic heterocycles. The maximum Gasteiger partial charge on any atom is 0.224 e. The Hall–Kier alpha value is -1.17. The van der Waals surface area contributed by atoms with E-state index in [4.69, 9.17) is 0 Å². The molecule has 1 aromatic rings. The molecule has 1 atom stereocenters. The summed E-state index contributed by atoms with van der Waals surface area (Å²) in [4.78, 5) is 8.39. The lowest BCUT2D eigenvalue weighted by molar-refractivity contribution is 0.687. The molecule has 1 rings (SSSR count). The topological polar surface area (TPSA) is 66.9 Å². The van der Waals surface area contributed by atoms with E-state index in [0.717, 1.165) is 11.5 Å².